The number of halogens is 1. The fourth-order valence-corrected chi connectivity index (χ4v) is 0. The van der Waals surface area contributed by atoms with Crippen molar-refractivity contribution in [2.24, 2.45) is 0 Å². The van der Waals surface area contributed by atoms with Crippen molar-refractivity contribution in [3.8, 4) is 6.07 Å². The molecule has 0 aromatic carbocycles. The summed E-state index contributed by atoms with van der Waals surface area (Å²) in [6.45, 7) is 0. The maximum absolute atomic E-state index is 7.49. The Bertz CT molecular complexity index is 39.4. The van der Waals surface area contributed by atoms with Gasteiger partial charge in [-0.2, -0.15) is 5.26 Å². The number of nitriles is 1. The van der Waals surface area contributed by atoms with E-state index in [9.17, 15) is 0 Å². The summed E-state index contributed by atoms with van der Waals surface area (Å²) in [7, 11) is 0. The second-order valence-electron chi connectivity index (χ2n) is 0.292. The Kier molecular flexibility index (Phi) is 16.3. The molecule has 0 aliphatic rings. The molecule has 0 radical (unpaired) electrons. The van der Waals surface area contributed by atoms with Crippen LogP contribution in [0.3, 0.4) is 0 Å². The van der Waals surface area contributed by atoms with E-state index < -0.39 is 0 Å². The van der Waals surface area contributed by atoms with Gasteiger partial charge in [-0.15, -0.1) is 11.6 Å². The third kappa shape index (κ3) is 11.7. The number of hydrogen-bond acceptors (Lipinski definition) is 1. The predicted octanol–water partition coefficient (Wildman–Crippen LogP) is 0.100. The third-order valence-electron chi connectivity index (χ3n) is 0.0598. The molecule has 0 fully saturated rings. The van der Waals surface area contributed by atoms with Gasteiger partial charge in [-0.3, -0.25) is 0 Å². The molecule has 0 saturated heterocycles. The molecule has 0 aliphatic heterocycles. The van der Waals surface area contributed by atoms with E-state index in [1.807, 2.05) is 0 Å². The summed E-state index contributed by atoms with van der Waals surface area (Å²) in [5.41, 5.74) is 0. The van der Waals surface area contributed by atoms with Gasteiger partial charge in [0.1, 0.15) is 5.88 Å². The molecule has 1 nitrogen and oxygen atoms in total. The minimum absolute atomic E-state index is 0. The monoisotopic (exact) mass is 99.0 g/mol. The first-order valence-electron chi connectivity index (χ1n) is 0.844. The Morgan fingerprint density at radius 3 is 2.00 bits per heavy atom. The van der Waals surface area contributed by atoms with Gasteiger partial charge in [-0.25, -0.2) is 0 Å². The molecule has 5 heavy (non-hydrogen) atoms. The van der Waals surface area contributed by atoms with Gasteiger partial charge in [0.25, 0.3) is 0 Å². The van der Waals surface area contributed by atoms with Crippen LogP contribution in [0.25, 0.3) is 0 Å². The molecule has 0 spiro atoms. The molecule has 0 N–H and O–H groups in total. The second kappa shape index (κ2) is 8.84. The van der Waals surface area contributed by atoms with E-state index in [4.69, 9.17) is 16.9 Å². The Labute approximate surface area is 58.2 Å². The Morgan fingerprint density at radius 1 is 1.80 bits per heavy atom. The summed E-state index contributed by atoms with van der Waals surface area (Å²) in [6, 6.07) is 1.70. The Morgan fingerprint density at radius 2 is 2.00 bits per heavy atom. The van der Waals surface area contributed by atoms with Crippen LogP contribution in [-0.4, -0.2) is 35.4 Å². The van der Waals surface area contributed by atoms with E-state index in [0.29, 0.717) is 0 Å². The van der Waals surface area contributed by atoms with E-state index in [2.05, 4.69) is 0 Å². The molecule has 0 aromatic heterocycles. The van der Waals surface area contributed by atoms with Gasteiger partial charge in [0.05, 0.1) is 6.07 Å². The van der Waals surface area contributed by atoms with E-state index in [1.165, 1.54) is 0 Å². The number of hydrogen-bond donors (Lipinski definition) is 0. The van der Waals surface area contributed by atoms with Crippen LogP contribution in [0.5, 0.6) is 0 Å². The summed E-state index contributed by atoms with van der Waals surface area (Å²) in [5, 5.41) is 7.49. The normalized spacial score (nSPS) is 4.00. The van der Waals surface area contributed by atoms with Gasteiger partial charge >= 0.3 is 29.6 Å². The van der Waals surface area contributed by atoms with Crippen LogP contribution in [0.4, 0.5) is 0 Å². The average Bonchev–Trinajstić information content (AvgIpc) is 1.37. The van der Waals surface area contributed by atoms with E-state index >= 15 is 0 Å². The van der Waals surface area contributed by atoms with Crippen LogP contribution in [-0.2, 0) is 0 Å². The van der Waals surface area contributed by atoms with Crippen molar-refractivity contribution < 1.29 is 0 Å². The zero-order valence-electron chi connectivity index (χ0n) is 2.03. The molecule has 0 unspecified atom stereocenters. The molecule has 0 heterocycles. The number of rotatable bonds is 0. The van der Waals surface area contributed by atoms with Crippen molar-refractivity contribution in [3.05, 3.63) is 0 Å². The first-order valence-corrected chi connectivity index (χ1v) is 1.38. The summed E-state index contributed by atoms with van der Waals surface area (Å²) in [4.78, 5) is 0. The molecule has 0 aliphatic carbocycles. The molecule has 0 aromatic rings. The molecule has 0 amide bonds. The number of nitrogens with zero attached hydrogens (tertiary/aromatic N) is 1. The van der Waals surface area contributed by atoms with Gasteiger partial charge < -0.3 is 0 Å². The molecule has 0 bridgehead atoms. The van der Waals surface area contributed by atoms with Crippen molar-refractivity contribution in [3.63, 3.8) is 0 Å². The molecular formula is C2H3ClNNa. The quantitative estimate of drug-likeness (QED) is 0.312. The SMILES string of the molecule is N#CCCl.[NaH]. The van der Waals surface area contributed by atoms with Crippen LogP contribution in [0.1, 0.15) is 0 Å². The minimum atomic E-state index is 0. The van der Waals surface area contributed by atoms with Crippen LogP contribution in [0, 0.1) is 11.3 Å². The van der Waals surface area contributed by atoms with Gasteiger partial charge in [0.15, 0.2) is 0 Å². The van der Waals surface area contributed by atoms with Crippen LogP contribution < -0.4 is 0 Å². The first-order chi connectivity index (χ1) is 1.91. The van der Waals surface area contributed by atoms with Gasteiger partial charge in [0.2, 0.25) is 0 Å². The fraction of sp³-hybridized carbons (Fsp3) is 0.500. The first kappa shape index (κ1) is 9.24. The van der Waals surface area contributed by atoms with Crippen LogP contribution in [0.2, 0.25) is 0 Å². The van der Waals surface area contributed by atoms with E-state index in [-0.39, 0.29) is 35.4 Å². The van der Waals surface area contributed by atoms with Gasteiger partial charge in [-0.05, 0) is 0 Å². The molecule has 0 saturated carbocycles. The maximum atomic E-state index is 7.49. The number of alkyl halides is 1. The Balaban J connectivity index is 0. The predicted molar refractivity (Wildman–Crippen MR) is 23.5 cm³/mol. The van der Waals surface area contributed by atoms with E-state index in [1.54, 1.807) is 6.07 Å². The van der Waals surface area contributed by atoms with Crippen molar-refractivity contribution in [1.82, 2.24) is 0 Å². The van der Waals surface area contributed by atoms with E-state index in [0.717, 1.165) is 0 Å². The summed E-state index contributed by atoms with van der Waals surface area (Å²) in [6.07, 6.45) is 0. The Hall–Kier alpha value is 0.780. The third-order valence-corrected chi connectivity index (χ3v) is 0.179. The van der Waals surface area contributed by atoms with Gasteiger partial charge in [-0.1, -0.05) is 0 Å². The summed E-state index contributed by atoms with van der Waals surface area (Å²) in [5.74, 6) is 0.0972. The summed E-state index contributed by atoms with van der Waals surface area (Å²) < 4.78 is 0. The summed E-state index contributed by atoms with van der Waals surface area (Å²) >= 11 is 4.82. The topological polar surface area (TPSA) is 23.8 Å². The zero-order valence-corrected chi connectivity index (χ0v) is 2.79. The standard InChI is InChI=1S/C2H2ClN.Na.H/c3-1-2-4;;/h1H2;;. The molecule has 0 atom stereocenters. The fourth-order valence-electron chi connectivity index (χ4n) is 0. The zero-order chi connectivity index (χ0) is 3.41. The van der Waals surface area contributed by atoms with Crippen molar-refractivity contribution >= 4 is 41.2 Å². The van der Waals surface area contributed by atoms with Gasteiger partial charge in [0, 0.05) is 0 Å². The van der Waals surface area contributed by atoms with Crippen molar-refractivity contribution in [2.75, 3.05) is 5.88 Å². The van der Waals surface area contributed by atoms with Crippen molar-refractivity contribution in [1.29, 1.82) is 5.26 Å². The van der Waals surface area contributed by atoms with Crippen LogP contribution in [0.15, 0.2) is 0 Å². The average molecular weight is 99.5 g/mol. The molecule has 3 heteroatoms. The molecule has 0 rings (SSSR count). The van der Waals surface area contributed by atoms with Crippen LogP contribution >= 0.6 is 11.6 Å². The van der Waals surface area contributed by atoms with Crippen molar-refractivity contribution in [2.45, 2.75) is 0 Å². The second-order valence-corrected chi connectivity index (χ2v) is 0.559. The molecular weight excluding hydrogens is 96.5 g/mol. The molecule has 24 valence electrons.